The lowest BCUT2D eigenvalue weighted by Crippen LogP contribution is -2.38. The lowest BCUT2D eigenvalue weighted by Gasteiger charge is -2.17. The van der Waals surface area contributed by atoms with E-state index in [-0.39, 0.29) is 13.2 Å². The molecule has 5 N–H and O–H groups in total. The number of nitrogens with zero attached hydrogens (tertiary/aromatic N) is 3. The Bertz CT molecular complexity index is 534. The fourth-order valence-electron chi connectivity index (χ4n) is 3.04. The van der Waals surface area contributed by atoms with Gasteiger partial charge in [-0.15, -0.1) is 5.10 Å². The third kappa shape index (κ3) is 4.40. The molecule has 1 aromatic rings. The molecule has 8 heteroatoms. The third-order valence-corrected chi connectivity index (χ3v) is 4.43. The van der Waals surface area contributed by atoms with Gasteiger partial charge in [-0.3, -0.25) is 0 Å². The SMILES string of the molecule is CCCCCc1c(/C=C/CO)nnn1C[C@H]1N[C@H](CO)[C@@H](O)[C@@H]1O. The number of nitrogens with one attached hydrogen (secondary N) is 1. The molecule has 8 nitrogen and oxygen atoms in total. The van der Waals surface area contributed by atoms with Crippen LogP contribution in [0.15, 0.2) is 6.08 Å². The predicted octanol–water partition coefficient (Wildman–Crippen LogP) is -0.929. The zero-order chi connectivity index (χ0) is 17.5. The standard InChI is InChI=1S/C16H28N4O4/c1-2-3-4-7-14-11(6-5-8-21)18-19-20(14)9-12-15(23)16(24)13(10-22)17-12/h5-6,12-13,15-17,21-24H,2-4,7-10H2,1H3/b6-5+/t12-,13-,15-,16-/m1/s1. The van der Waals surface area contributed by atoms with Gasteiger partial charge >= 0.3 is 0 Å². The van der Waals surface area contributed by atoms with Crippen LogP contribution in [-0.2, 0) is 13.0 Å². The summed E-state index contributed by atoms with van der Waals surface area (Å²) in [5, 5.41) is 49.6. The minimum Gasteiger partial charge on any atom is -0.395 e. The Labute approximate surface area is 141 Å². The number of aliphatic hydroxyl groups excluding tert-OH is 4. The molecule has 1 aliphatic heterocycles. The molecule has 0 unspecified atom stereocenters. The largest absolute Gasteiger partial charge is 0.395 e. The summed E-state index contributed by atoms with van der Waals surface area (Å²) in [6.07, 6.45) is 5.42. The summed E-state index contributed by atoms with van der Waals surface area (Å²) in [4.78, 5) is 0. The molecule has 0 saturated carbocycles. The first kappa shape index (κ1) is 19.0. The summed E-state index contributed by atoms with van der Waals surface area (Å²) in [7, 11) is 0. The Balaban J connectivity index is 2.13. The number of unbranched alkanes of at least 4 members (excludes halogenated alkanes) is 2. The van der Waals surface area contributed by atoms with Crippen molar-refractivity contribution >= 4 is 6.08 Å². The number of hydrogen-bond donors (Lipinski definition) is 5. The van der Waals surface area contributed by atoms with Crippen molar-refractivity contribution in [2.75, 3.05) is 13.2 Å². The van der Waals surface area contributed by atoms with Crippen LogP contribution in [0.5, 0.6) is 0 Å². The monoisotopic (exact) mass is 340 g/mol. The maximum absolute atomic E-state index is 10.1. The first-order valence-corrected chi connectivity index (χ1v) is 8.55. The van der Waals surface area contributed by atoms with Crippen molar-refractivity contribution < 1.29 is 20.4 Å². The van der Waals surface area contributed by atoms with E-state index < -0.39 is 24.3 Å². The molecule has 0 radical (unpaired) electrons. The second-order valence-corrected chi connectivity index (χ2v) is 6.19. The molecule has 0 spiro atoms. The molecule has 1 aliphatic rings. The van der Waals surface area contributed by atoms with Gasteiger partial charge in [-0.25, -0.2) is 4.68 Å². The van der Waals surface area contributed by atoms with Crippen molar-refractivity contribution in [1.82, 2.24) is 20.3 Å². The van der Waals surface area contributed by atoms with Gasteiger partial charge in [0.15, 0.2) is 0 Å². The highest BCUT2D eigenvalue weighted by Gasteiger charge is 2.41. The van der Waals surface area contributed by atoms with Crippen LogP contribution in [0.1, 0.15) is 37.6 Å². The topological polar surface area (TPSA) is 124 Å². The zero-order valence-electron chi connectivity index (χ0n) is 14.0. The number of aromatic nitrogens is 3. The number of rotatable bonds is 9. The van der Waals surface area contributed by atoms with Crippen LogP contribution in [0.4, 0.5) is 0 Å². The van der Waals surface area contributed by atoms with Gasteiger partial charge in [0.25, 0.3) is 0 Å². The summed E-state index contributed by atoms with van der Waals surface area (Å²) < 4.78 is 1.74. The van der Waals surface area contributed by atoms with Crippen LogP contribution in [0, 0.1) is 0 Å². The molecule has 2 rings (SSSR count). The Morgan fingerprint density at radius 2 is 1.92 bits per heavy atom. The van der Waals surface area contributed by atoms with Crippen molar-refractivity contribution in [3.63, 3.8) is 0 Å². The van der Waals surface area contributed by atoms with Crippen molar-refractivity contribution in [2.24, 2.45) is 0 Å². The average molecular weight is 340 g/mol. The molecule has 0 aromatic carbocycles. The second kappa shape index (κ2) is 9.24. The highest BCUT2D eigenvalue weighted by atomic mass is 16.3. The van der Waals surface area contributed by atoms with Crippen molar-refractivity contribution in [1.29, 1.82) is 0 Å². The maximum Gasteiger partial charge on any atom is 0.108 e. The average Bonchev–Trinajstić information content (AvgIpc) is 3.09. The molecule has 1 saturated heterocycles. The van der Waals surface area contributed by atoms with Crippen LogP contribution in [0.2, 0.25) is 0 Å². The van der Waals surface area contributed by atoms with Gasteiger partial charge in [-0.05, 0) is 18.9 Å². The molecule has 4 atom stereocenters. The van der Waals surface area contributed by atoms with E-state index >= 15 is 0 Å². The molecule has 24 heavy (non-hydrogen) atoms. The van der Waals surface area contributed by atoms with E-state index in [1.54, 1.807) is 16.8 Å². The van der Waals surface area contributed by atoms with E-state index in [0.29, 0.717) is 12.2 Å². The van der Waals surface area contributed by atoms with E-state index in [2.05, 4.69) is 22.6 Å². The van der Waals surface area contributed by atoms with Crippen molar-refractivity contribution in [2.45, 2.75) is 63.4 Å². The van der Waals surface area contributed by atoms with Crippen molar-refractivity contribution in [3.8, 4) is 0 Å². The van der Waals surface area contributed by atoms with Crippen LogP contribution in [-0.4, -0.2) is 72.9 Å². The smallest absolute Gasteiger partial charge is 0.108 e. The van der Waals surface area contributed by atoms with Crippen LogP contribution < -0.4 is 5.32 Å². The Morgan fingerprint density at radius 3 is 2.54 bits per heavy atom. The molecule has 0 bridgehead atoms. The first-order chi connectivity index (χ1) is 11.6. The van der Waals surface area contributed by atoms with Gasteiger partial charge in [0.1, 0.15) is 5.69 Å². The first-order valence-electron chi connectivity index (χ1n) is 8.55. The Hall–Kier alpha value is -1.32. The van der Waals surface area contributed by atoms with Crippen LogP contribution in [0.3, 0.4) is 0 Å². The Kier molecular flexibility index (Phi) is 7.32. The highest BCUT2D eigenvalue weighted by molar-refractivity contribution is 5.46. The molecular weight excluding hydrogens is 312 g/mol. The highest BCUT2D eigenvalue weighted by Crippen LogP contribution is 2.18. The van der Waals surface area contributed by atoms with Crippen molar-refractivity contribution in [3.05, 3.63) is 17.5 Å². The summed E-state index contributed by atoms with van der Waals surface area (Å²) in [6.45, 7) is 2.20. The third-order valence-electron chi connectivity index (χ3n) is 4.43. The fourth-order valence-corrected chi connectivity index (χ4v) is 3.04. The van der Waals surface area contributed by atoms with E-state index in [1.165, 1.54) is 0 Å². The minimum atomic E-state index is -0.999. The van der Waals surface area contributed by atoms with Gasteiger partial charge in [-0.1, -0.05) is 31.1 Å². The lowest BCUT2D eigenvalue weighted by molar-refractivity contribution is 0.0174. The second-order valence-electron chi connectivity index (χ2n) is 6.19. The normalized spacial score (nSPS) is 27.4. The van der Waals surface area contributed by atoms with E-state index in [1.807, 2.05) is 0 Å². The molecule has 2 heterocycles. The molecule has 1 aromatic heterocycles. The van der Waals surface area contributed by atoms with Gasteiger partial charge in [0, 0.05) is 0 Å². The lowest BCUT2D eigenvalue weighted by atomic mass is 10.1. The Morgan fingerprint density at radius 1 is 1.17 bits per heavy atom. The summed E-state index contributed by atoms with van der Waals surface area (Å²) in [5.74, 6) is 0. The van der Waals surface area contributed by atoms with Crippen LogP contribution >= 0.6 is 0 Å². The summed E-state index contributed by atoms with van der Waals surface area (Å²) >= 11 is 0. The molecule has 0 amide bonds. The van der Waals surface area contributed by atoms with Gasteiger partial charge in [0.05, 0.1) is 49.7 Å². The number of hydrogen-bond acceptors (Lipinski definition) is 7. The number of aliphatic hydroxyl groups is 4. The minimum absolute atomic E-state index is 0.0610. The fraction of sp³-hybridized carbons (Fsp3) is 0.750. The van der Waals surface area contributed by atoms with Gasteiger partial charge in [0.2, 0.25) is 0 Å². The van der Waals surface area contributed by atoms with Gasteiger partial charge in [-0.2, -0.15) is 0 Å². The maximum atomic E-state index is 10.1. The zero-order valence-corrected chi connectivity index (χ0v) is 14.0. The molecule has 1 fully saturated rings. The molecule has 136 valence electrons. The van der Waals surface area contributed by atoms with E-state index in [4.69, 9.17) is 5.11 Å². The predicted molar refractivity (Wildman–Crippen MR) is 89.2 cm³/mol. The summed E-state index contributed by atoms with van der Waals surface area (Å²) in [6, 6.07) is -0.940. The molecular formula is C16H28N4O4. The summed E-state index contributed by atoms with van der Waals surface area (Å²) in [5.41, 5.74) is 1.66. The van der Waals surface area contributed by atoms with Crippen LogP contribution in [0.25, 0.3) is 6.08 Å². The van der Waals surface area contributed by atoms with Gasteiger partial charge < -0.3 is 25.7 Å². The quantitative estimate of drug-likeness (QED) is 0.368. The van der Waals surface area contributed by atoms with E-state index in [9.17, 15) is 15.3 Å². The van der Waals surface area contributed by atoms with E-state index in [0.717, 1.165) is 31.4 Å². The molecule has 0 aliphatic carbocycles.